The first kappa shape index (κ1) is 8.77. The van der Waals surface area contributed by atoms with Gasteiger partial charge in [-0.1, -0.05) is 12.1 Å². The van der Waals surface area contributed by atoms with E-state index in [-0.39, 0.29) is 11.9 Å². The quantitative estimate of drug-likeness (QED) is 0.697. The Kier molecular flexibility index (Phi) is 1.91. The summed E-state index contributed by atoms with van der Waals surface area (Å²) in [6.45, 7) is 1.01. The van der Waals surface area contributed by atoms with E-state index in [2.05, 4.69) is 16.3 Å². The molecule has 3 heteroatoms. The molecule has 1 aromatic carbocycles. The number of rotatable bonds is 0. The highest BCUT2D eigenvalue weighted by Crippen LogP contribution is 2.35. The van der Waals surface area contributed by atoms with Crippen molar-refractivity contribution >= 4 is 17.3 Å². The van der Waals surface area contributed by atoms with Crippen molar-refractivity contribution in [2.75, 3.05) is 16.8 Å². The molecule has 1 N–H and O–H groups in total. The molecule has 1 amide bonds. The Hall–Kier alpha value is -1.51. The average Bonchev–Trinajstić information content (AvgIpc) is 2.30. The first-order valence-electron chi connectivity index (χ1n) is 5.53. The van der Waals surface area contributed by atoms with E-state index in [1.807, 2.05) is 18.2 Å². The lowest BCUT2D eigenvalue weighted by molar-refractivity contribution is -0.118. The summed E-state index contributed by atoms with van der Waals surface area (Å²) in [6, 6.07) is 8.12. The highest BCUT2D eigenvalue weighted by atomic mass is 16.2. The zero-order valence-electron chi connectivity index (χ0n) is 8.57. The Bertz CT molecular complexity index is 402. The van der Waals surface area contributed by atoms with Crippen molar-refractivity contribution in [3.8, 4) is 0 Å². The molecule has 1 atom stereocenters. The van der Waals surface area contributed by atoms with Crippen LogP contribution in [0.3, 0.4) is 0 Å². The topological polar surface area (TPSA) is 32.3 Å². The SMILES string of the molecule is O=C1Nc2ccccc2N2CCCC[C@@H]12. The van der Waals surface area contributed by atoms with Gasteiger partial charge in [-0.05, 0) is 31.4 Å². The predicted octanol–water partition coefficient (Wildman–Crippen LogP) is 2.00. The van der Waals surface area contributed by atoms with E-state index in [1.165, 1.54) is 12.1 Å². The Labute approximate surface area is 89.1 Å². The van der Waals surface area contributed by atoms with Crippen LogP contribution in [0.5, 0.6) is 0 Å². The van der Waals surface area contributed by atoms with Gasteiger partial charge in [-0.3, -0.25) is 4.79 Å². The molecule has 3 nitrogen and oxygen atoms in total. The standard InChI is InChI=1S/C12H14N2O/c15-12-11-7-3-4-8-14(11)10-6-2-1-5-9(10)13-12/h1-2,5-6,11H,3-4,7-8H2,(H,13,15)/t11-/m0/s1. The largest absolute Gasteiger partial charge is 0.358 e. The second kappa shape index (κ2) is 3.26. The number of hydrogen-bond acceptors (Lipinski definition) is 2. The zero-order chi connectivity index (χ0) is 10.3. The van der Waals surface area contributed by atoms with Crippen LogP contribution in [0.4, 0.5) is 11.4 Å². The number of carbonyl (C=O) groups excluding carboxylic acids is 1. The van der Waals surface area contributed by atoms with E-state index in [0.717, 1.165) is 25.1 Å². The molecule has 2 aliphatic heterocycles. The van der Waals surface area contributed by atoms with Crippen LogP contribution >= 0.6 is 0 Å². The number of nitrogens with one attached hydrogen (secondary N) is 1. The van der Waals surface area contributed by atoms with Gasteiger partial charge in [-0.25, -0.2) is 0 Å². The van der Waals surface area contributed by atoms with Crippen LogP contribution in [0.25, 0.3) is 0 Å². The summed E-state index contributed by atoms with van der Waals surface area (Å²) in [7, 11) is 0. The Morgan fingerprint density at radius 1 is 1.27 bits per heavy atom. The fourth-order valence-electron chi connectivity index (χ4n) is 2.54. The minimum Gasteiger partial charge on any atom is -0.358 e. The van der Waals surface area contributed by atoms with Gasteiger partial charge in [0.15, 0.2) is 0 Å². The van der Waals surface area contributed by atoms with Gasteiger partial charge in [0.05, 0.1) is 11.4 Å². The van der Waals surface area contributed by atoms with E-state index < -0.39 is 0 Å². The van der Waals surface area contributed by atoms with Crippen molar-refractivity contribution in [3.05, 3.63) is 24.3 Å². The fourth-order valence-corrected chi connectivity index (χ4v) is 2.54. The molecular weight excluding hydrogens is 188 g/mol. The number of amides is 1. The summed E-state index contributed by atoms with van der Waals surface area (Å²) in [5.41, 5.74) is 2.14. The fraction of sp³-hybridized carbons (Fsp3) is 0.417. The van der Waals surface area contributed by atoms with E-state index in [0.29, 0.717) is 0 Å². The van der Waals surface area contributed by atoms with Gasteiger partial charge in [-0.2, -0.15) is 0 Å². The van der Waals surface area contributed by atoms with E-state index in [1.54, 1.807) is 0 Å². The molecule has 0 spiro atoms. The third-order valence-electron chi connectivity index (χ3n) is 3.28. The lowest BCUT2D eigenvalue weighted by atomic mass is 9.97. The maximum absolute atomic E-state index is 11.8. The van der Waals surface area contributed by atoms with Crippen molar-refractivity contribution in [1.82, 2.24) is 0 Å². The predicted molar refractivity (Wildman–Crippen MR) is 60.1 cm³/mol. The maximum atomic E-state index is 11.8. The summed E-state index contributed by atoms with van der Waals surface area (Å²) in [5, 5.41) is 2.98. The first-order valence-corrected chi connectivity index (χ1v) is 5.53. The van der Waals surface area contributed by atoms with E-state index >= 15 is 0 Å². The highest BCUT2D eigenvalue weighted by molar-refractivity contribution is 6.03. The number of anilines is 2. The van der Waals surface area contributed by atoms with Gasteiger partial charge in [0, 0.05) is 6.54 Å². The summed E-state index contributed by atoms with van der Waals surface area (Å²) in [5.74, 6) is 0.161. The van der Waals surface area contributed by atoms with Crippen molar-refractivity contribution in [2.24, 2.45) is 0 Å². The van der Waals surface area contributed by atoms with Gasteiger partial charge in [0.1, 0.15) is 6.04 Å². The van der Waals surface area contributed by atoms with Crippen LogP contribution in [0.1, 0.15) is 19.3 Å². The summed E-state index contributed by atoms with van der Waals surface area (Å²) in [6.07, 6.45) is 3.34. The number of fused-ring (bicyclic) bond motifs is 3. The van der Waals surface area contributed by atoms with Crippen molar-refractivity contribution in [1.29, 1.82) is 0 Å². The minimum absolute atomic E-state index is 0.0636. The number of hydrogen-bond donors (Lipinski definition) is 1. The molecule has 3 rings (SSSR count). The normalized spacial score (nSPS) is 24.1. The van der Waals surface area contributed by atoms with Crippen LogP contribution < -0.4 is 10.2 Å². The molecule has 0 bridgehead atoms. The molecule has 78 valence electrons. The van der Waals surface area contributed by atoms with Crippen LogP contribution in [0.15, 0.2) is 24.3 Å². The van der Waals surface area contributed by atoms with Gasteiger partial charge >= 0.3 is 0 Å². The van der Waals surface area contributed by atoms with Gasteiger partial charge in [0.25, 0.3) is 0 Å². The second-order valence-electron chi connectivity index (χ2n) is 4.21. The van der Waals surface area contributed by atoms with Crippen molar-refractivity contribution < 1.29 is 4.79 Å². The third kappa shape index (κ3) is 1.30. The Morgan fingerprint density at radius 3 is 3.07 bits per heavy atom. The van der Waals surface area contributed by atoms with Gasteiger partial charge < -0.3 is 10.2 Å². The lowest BCUT2D eigenvalue weighted by Gasteiger charge is -2.40. The van der Waals surface area contributed by atoms with E-state index in [9.17, 15) is 4.79 Å². The Morgan fingerprint density at radius 2 is 2.13 bits per heavy atom. The van der Waals surface area contributed by atoms with E-state index in [4.69, 9.17) is 0 Å². The molecule has 15 heavy (non-hydrogen) atoms. The molecule has 1 fully saturated rings. The Balaban J connectivity index is 2.06. The number of nitrogens with zero attached hydrogens (tertiary/aromatic N) is 1. The molecular formula is C12H14N2O. The monoisotopic (exact) mass is 202 g/mol. The summed E-state index contributed by atoms with van der Waals surface area (Å²) in [4.78, 5) is 14.1. The van der Waals surface area contributed by atoms with Crippen molar-refractivity contribution in [2.45, 2.75) is 25.3 Å². The average molecular weight is 202 g/mol. The molecule has 0 radical (unpaired) electrons. The number of piperidine rings is 1. The van der Waals surface area contributed by atoms with Gasteiger partial charge in [-0.15, -0.1) is 0 Å². The first-order chi connectivity index (χ1) is 7.36. The lowest BCUT2D eigenvalue weighted by Crippen LogP contribution is -2.50. The van der Waals surface area contributed by atoms with Gasteiger partial charge in [0.2, 0.25) is 5.91 Å². The van der Waals surface area contributed by atoms with Crippen LogP contribution in [0.2, 0.25) is 0 Å². The highest BCUT2D eigenvalue weighted by Gasteiger charge is 2.33. The smallest absolute Gasteiger partial charge is 0.247 e. The maximum Gasteiger partial charge on any atom is 0.247 e. The molecule has 0 saturated carbocycles. The van der Waals surface area contributed by atoms with Crippen LogP contribution in [-0.4, -0.2) is 18.5 Å². The minimum atomic E-state index is 0.0636. The molecule has 2 heterocycles. The third-order valence-corrected chi connectivity index (χ3v) is 3.28. The van der Waals surface area contributed by atoms with Crippen LogP contribution in [0, 0.1) is 0 Å². The van der Waals surface area contributed by atoms with Crippen LogP contribution in [-0.2, 0) is 4.79 Å². The number of para-hydroxylation sites is 2. The molecule has 0 aromatic heterocycles. The summed E-state index contributed by atoms with van der Waals surface area (Å²) >= 11 is 0. The molecule has 1 aromatic rings. The number of benzene rings is 1. The molecule has 2 aliphatic rings. The van der Waals surface area contributed by atoms with Crippen molar-refractivity contribution in [3.63, 3.8) is 0 Å². The second-order valence-corrected chi connectivity index (χ2v) is 4.21. The summed E-state index contributed by atoms with van der Waals surface area (Å²) < 4.78 is 0. The molecule has 1 saturated heterocycles. The zero-order valence-corrected chi connectivity index (χ0v) is 8.57. The molecule has 0 aliphatic carbocycles. The number of carbonyl (C=O) groups is 1. The molecule has 0 unspecified atom stereocenters.